The molecule has 0 bridgehead atoms. The molecule has 0 unspecified atom stereocenters. The molecule has 0 saturated carbocycles. The molecule has 1 aromatic heterocycles. The largest absolute Gasteiger partial charge is 0.300 e. The zero-order valence-electron chi connectivity index (χ0n) is 14.9. The first-order valence-corrected chi connectivity index (χ1v) is 10.4. The lowest BCUT2D eigenvalue weighted by Crippen LogP contribution is -2.31. The maximum absolute atomic E-state index is 12.6. The summed E-state index contributed by atoms with van der Waals surface area (Å²) in [6, 6.07) is 7.91. The number of thiocarbonyl (C=S) groups is 1. The summed E-state index contributed by atoms with van der Waals surface area (Å²) < 4.78 is 0.468. The van der Waals surface area contributed by atoms with Crippen LogP contribution in [0.5, 0.6) is 0 Å². The fraction of sp³-hybridized carbons (Fsp3) is 0.278. The van der Waals surface area contributed by atoms with Crippen LogP contribution in [0, 0.1) is 6.92 Å². The molecular weight excluding hydrogens is 400 g/mol. The number of aromatic nitrogens is 2. The highest BCUT2D eigenvalue weighted by Gasteiger charge is 2.32. The second kappa shape index (κ2) is 8.73. The van der Waals surface area contributed by atoms with Gasteiger partial charge in [0.25, 0.3) is 5.91 Å². The summed E-state index contributed by atoms with van der Waals surface area (Å²) in [7, 11) is 0. The van der Waals surface area contributed by atoms with Gasteiger partial charge in [0.15, 0.2) is 0 Å². The van der Waals surface area contributed by atoms with Crippen molar-refractivity contribution in [3.8, 4) is 0 Å². The summed E-state index contributed by atoms with van der Waals surface area (Å²) in [5.74, 6) is -0.382. The average Bonchev–Trinajstić information content (AvgIpc) is 3.20. The highest BCUT2D eigenvalue weighted by atomic mass is 32.2. The zero-order chi connectivity index (χ0) is 19.4. The van der Waals surface area contributed by atoms with Crippen LogP contribution in [0.4, 0.5) is 5.13 Å². The fourth-order valence-corrected chi connectivity index (χ4v) is 4.35. The molecule has 140 valence electrons. The van der Waals surface area contributed by atoms with Crippen LogP contribution in [-0.2, 0) is 16.0 Å². The third-order valence-corrected chi connectivity index (χ3v) is 6.19. The number of rotatable bonds is 6. The van der Waals surface area contributed by atoms with Gasteiger partial charge < -0.3 is 5.32 Å². The van der Waals surface area contributed by atoms with Gasteiger partial charge in [0.1, 0.15) is 9.33 Å². The minimum Gasteiger partial charge on any atom is -0.300 e. The van der Waals surface area contributed by atoms with Crippen LogP contribution in [0.25, 0.3) is 6.08 Å². The summed E-state index contributed by atoms with van der Waals surface area (Å²) in [5.41, 5.74) is 2.11. The van der Waals surface area contributed by atoms with Crippen LogP contribution in [0.3, 0.4) is 0 Å². The molecule has 0 atom stereocenters. The molecule has 0 radical (unpaired) electrons. The van der Waals surface area contributed by atoms with E-state index in [4.69, 9.17) is 12.2 Å². The van der Waals surface area contributed by atoms with E-state index < -0.39 is 0 Å². The maximum atomic E-state index is 12.6. The first-order chi connectivity index (χ1) is 13.0. The molecule has 2 heterocycles. The molecule has 9 heteroatoms. The summed E-state index contributed by atoms with van der Waals surface area (Å²) >= 11 is 7.92. The number of nitrogens with zero attached hydrogens (tertiary/aromatic N) is 3. The number of hydrogen-bond donors (Lipinski definition) is 1. The summed E-state index contributed by atoms with van der Waals surface area (Å²) in [6.45, 7) is 4.23. The van der Waals surface area contributed by atoms with Gasteiger partial charge in [-0.2, -0.15) is 0 Å². The van der Waals surface area contributed by atoms with Crippen molar-refractivity contribution in [1.29, 1.82) is 0 Å². The molecule has 1 fully saturated rings. The van der Waals surface area contributed by atoms with Gasteiger partial charge in [-0.1, -0.05) is 72.1 Å². The molecule has 2 aromatic rings. The predicted octanol–water partition coefficient (Wildman–Crippen LogP) is 3.64. The minimum absolute atomic E-state index is 0.144. The lowest BCUT2D eigenvalue weighted by atomic mass is 10.1. The van der Waals surface area contributed by atoms with Crippen LogP contribution < -0.4 is 5.32 Å². The Balaban J connectivity index is 1.58. The number of benzene rings is 1. The number of carbonyl (C=O) groups is 2. The number of anilines is 1. The quantitative estimate of drug-likeness (QED) is 0.570. The Morgan fingerprint density at radius 2 is 2.04 bits per heavy atom. The first kappa shape index (κ1) is 19.7. The van der Waals surface area contributed by atoms with Crippen molar-refractivity contribution >= 4 is 62.7 Å². The number of hydrogen-bond acceptors (Lipinski definition) is 7. The van der Waals surface area contributed by atoms with E-state index in [-0.39, 0.29) is 24.8 Å². The lowest BCUT2D eigenvalue weighted by Gasteiger charge is -2.13. The zero-order valence-corrected chi connectivity index (χ0v) is 17.3. The van der Waals surface area contributed by atoms with Crippen molar-refractivity contribution in [3.63, 3.8) is 0 Å². The van der Waals surface area contributed by atoms with E-state index in [1.807, 2.05) is 44.2 Å². The van der Waals surface area contributed by atoms with E-state index in [1.54, 1.807) is 0 Å². The Labute approximate surface area is 171 Å². The highest BCUT2D eigenvalue weighted by Crippen LogP contribution is 2.32. The van der Waals surface area contributed by atoms with Gasteiger partial charge in [-0.15, -0.1) is 10.2 Å². The van der Waals surface area contributed by atoms with Crippen LogP contribution >= 0.6 is 35.3 Å². The van der Waals surface area contributed by atoms with Crippen molar-refractivity contribution in [3.05, 3.63) is 45.3 Å². The topological polar surface area (TPSA) is 75.2 Å². The second-order valence-corrected chi connectivity index (χ2v) is 8.63. The smallest absolute Gasteiger partial charge is 0.266 e. The molecule has 6 nitrogen and oxygen atoms in total. The van der Waals surface area contributed by atoms with E-state index in [9.17, 15) is 9.59 Å². The van der Waals surface area contributed by atoms with Crippen LogP contribution in [0.2, 0.25) is 0 Å². The monoisotopic (exact) mass is 418 g/mol. The molecule has 1 saturated heterocycles. The Kier molecular flexibility index (Phi) is 6.35. The van der Waals surface area contributed by atoms with Crippen LogP contribution in [0.1, 0.15) is 29.5 Å². The SMILES string of the molecule is CCc1nnc(NC(=O)CCN2C(=O)C(=Cc3ccc(C)cc3)SC2=S)s1. The summed E-state index contributed by atoms with van der Waals surface area (Å²) in [4.78, 5) is 26.7. The van der Waals surface area contributed by atoms with Gasteiger partial charge in [-0.05, 0) is 25.0 Å². The van der Waals surface area contributed by atoms with E-state index in [1.165, 1.54) is 28.0 Å². The van der Waals surface area contributed by atoms with Gasteiger partial charge in [0.2, 0.25) is 11.0 Å². The second-order valence-electron chi connectivity index (χ2n) is 5.90. The molecule has 1 N–H and O–H groups in total. The number of nitrogens with one attached hydrogen (secondary N) is 1. The first-order valence-electron chi connectivity index (χ1n) is 8.40. The van der Waals surface area contributed by atoms with Crippen molar-refractivity contribution < 1.29 is 9.59 Å². The Bertz CT molecular complexity index is 906. The molecule has 27 heavy (non-hydrogen) atoms. The van der Waals surface area contributed by atoms with Crippen LogP contribution in [-0.4, -0.2) is 37.8 Å². The predicted molar refractivity (Wildman–Crippen MR) is 114 cm³/mol. The van der Waals surface area contributed by atoms with E-state index in [2.05, 4.69) is 15.5 Å². The van der Waals surface area contributed by atoms with Crippen LogP contribution in [0.15, 0.2) is 29.2 Å². The average molecular weight is 419 g/mol. The van der Waals surface area contributed by atoms with Gasteiger partial charge in [0.05, 0.1) is 4.91 Å². The third kappa shape index (κ3) is 5.00. The van der Waals surface area contributed by atoms with E-state index in [0.29, 0.717) is 14.4 Å². The van der Waals surface area contributed by atoms with Crippen molar-refractivity contribution in [2.75, 3.05) is 11.9 Å². The molecule has 2 amide bonds. The van der Waals surface area contributed by atoms with E-state index in [0.717, 1.165) is 22.6 Å². The van der Waals surface area contributed by atoms with Crippen molar-refractivity contribution in [2.24, 2.45) is 0 Å². The van der Waals surface area contributed by atoms with Gasteiger partial charge >= 0.3 is 0 Å². The molecular formula is C18H18N4O2S3. The minimum atomic E-state index is -0.217. The number of aryl methyl sites for hydroxylation is 2. The van der Waals surface area contributed by atoms with Crippen molar-refractivity contribution in [2.45, 2.75) is 26.7 Å². The van der Waals surface area contributed by atoms with Gasteiger partial charge in [-0.25, -0.2) is 0 Å². The molecule has 1 aliphatic heterocycles. The number of carbonyl (C=O) groups excluding carboxylic acids is 2. The Hall–Kier alpha value is -2.10. The molecule has 1 aliphatic rings. The normalized spacial score (nSPS) is 15.6. The highest BCUT2D eigenvalue weighted by molar-refractivity contribution is 8.26. The van der Waals surface area contributed by atoms with E-state index >= 15 is 0 Å². The fourth-order valence-electron chi connectivity index (χ4n) is 2.35. The Morgan fingerprint density at radius 3 is 2.70 bits per heavy atom. The maximum Gasteiger partial charge on any atom is 0.266 e. The Morgan fingerprint density at radius 1 is 1.30 bits per heavy atom. The molecule has 0 aliphatic carbocycles. The third-order valence-electron chi connectivity index (χ3n) is 3.83. The number of amides is 2. The van der Waals surface area contributed by atoms with Gasteiger partial charge in [-0.3, -0.25) is 14.5 Å². The molecule has 1 aromatic carbocycles. The summed E-state index contributed by atoms with van der Waals surface area (Å²) in [6.07, 6.45) is 2.75. The summed E-state index contributed by atoms with van der Waals surface area (Å²) in [5, 5.41) is 11.9. The molecule has 0 spiro atoms. The van der Waals surface area contributed by atoms with Gasteiger partial charge in [0, 0.05) is 13.0 Å². The standard InChI is InChI=1S/C18H18N4O2S3/c1-3-15-20-21-17(27-15)19-14(23)8-9-22-16(24)13(26-18(22)25)10-12-6-4-11(2)5-7-12/h4-7,10H,3,8-9H2,1-2H3,(H,19,21,23). The lowest BCUT2D eigenvalue weighted by molar-refractivity contribution is -0.122. The van der Waals surface area contributed by atoms with Crippen molar-refractivity contribution in [1.82, 2.24) is 15.1 Å². The number of thioether (sulfide) groups is 1. The molecule has 3 rings (SSSR count).